The van der Waals surface area contributed by atoms with E-state index in [4.69, 9.17) is 42.4 Å². The van der Waals surface area contributed by atoms with E-state index in [2.05, 4.69) is 0 Å². The van der Waals surface area contributed by atoms with Crippen molar-refractivity contribution in [3.05, 3.63) is 155 Å². The summed E-state index contributed by atoms with van der Waals surface area (Å²) in [6.45, 7) is 4.56. The highest BCUT2D eigenvalue weighted by atomic mass is 35.5. The molecule has 6 rings (SSSR count). The third kappa shape index (κ3) is 6.90. The van der Waals surface area contributed by atoms with Crippen LogP contribution in [0.1, 0.15) is 42.1 Å². The molecule has 47 heavy (non-hydrogen) atoms. The second-order valence-corrected chi connectivity index (χ2v) is 12.3. The van der Waals surface area contributed by atoms with Crippen LogP contribution >= 0.6 is 34.5 Å². The van der Waals surface area contributed by atoms with E-state index < -0.39 is 12.0 Å². The van der Waals surface area contributed by atoms with Gasteiger partial charge in [-0.2, -0.15) is 0 Å². The number of hydrogen-bond acceptors (Lipinski definition) is 7. The van der Waals surface area contributed by atoms with Crippen LogP contribution in [0, 0.1) is 0 Å². The molecule has 2 heterocycles. The number of hydrogen-bond donors (Lipinski definition) is 0. The third-order valence-electron chi connectivity index (χ3n) is 7.48. The number of carbonyl (C=O) groups excluding carboxylic acids is 1. The summed E-state index contributed by atoms with van der Waals surface area (Å²) in [5, 5.41) is 1.08. The fourth-order valence-electron chi connectivity index (χ4n) is 5.34. The van der Waals surface area contributed by atoms with E-state index in [1.807, 2.05) is 79.7 Å². The Balaban J connectivity index is 1.54. The van der Waals surface area contributed by atoms with E-state index in [0.717, 1.165) is 11.1 Å². The summed E-state index contributed by atoms with van der Waals surface area (Å²) in [7, 11) is 0. The fraction of sp³-hybridized carbons (Fsp3) is 0.162. The average molecular weight is 686 g/mol. The minimum Gasteiger partial charge on any atom is -0.494 e. The second-order valence-electron chi connectivity index (χ2n) is 10.5. The molecule has 0 saturated heterocycles. The molecule has 1 aliphatic heterocycles. The third-order valence-corrected chi connectivity index (χ3v) is 9.07. The molecule has 1 aliphatic rings. The SMILES string of the molecule is CCOC(=O)C1=C(c2ccccc2)N=c2s/c(=C\c3cc(Cl)ccc3OCc3ccccc3Cl)c(=O)n2[C@H]1c1ccc(OCC)cc1. The van der Waals surface area contributed by atoms with Crippen molar-refractivity contribution in [2.24, 2.45) is 4.99 Å². The molecule has 0 aliphatic carbocycles. The topological polar surface area (TPSA) is 79.1 Å². The Morgan fingerprint density at radius 2 is 1.66 bits per heavy atom. The first kappa shape index (κ1) is 32.3. The summed E-state index contributed by atoms with van der Waals surface area (Å²) in [6.07, 6.45) is 1.74. The maximum Gasteiger partial charge on any atom is 0.338 e. The maximum atomic E-state index is 14.4. The van der Waals surface area contributed by atoms with E-state index >= 15 is 0 Å². The monoisotopic (exact) mass is 684 g/mol. The van der Waals surface area contributed by atoms with Gasteiger partial charge in [0.05, 0.1) is 35.1 Å². The molecule has 238 valence electrons. The Morgan fingerprint density at radius 3 is 2.38 bits per heavy atom. The van der Waals surface area contributed by atoms with Crippen molar-refractivity contribution in [1.29, 1.82) is 0 Å². The Bertz CT molecular complexity index is 2140. The Labute approximate surface area is 285 Å². The molecule has 7 nitrogen and oxygen atoms in total. The molecule has 0 amide bonds. The standard InChI is InChI=1S/C37H30Cl2N2O5S/c1-3-44-28-17-14-24(15-18-28)34-32(36(43)45-4-2)33(23-10-6-5-7-11-23)40-37-41(34)35(42)31(47-37)21-26-20-27(38)16-19-30(26)46-22-25-12-8-9-13-29(25)39/h5-21,34H,3-4,22H2,1-2H3/b31-21-/t34-/m0/s1. The summed E-state index contributed by atoms with van der Waals surface area (Å²) < 4.78 is 19.3. The molecular weight excluding hydrogens is 655 g/mol. The average Bonchev–Trinajstić information content (AvgIpc) is 3.39. The van der Waals surface area contributed by atoms with Crippen LogP contribution in [0.4, 0.5) is 0 Å². The van der Waals surface area contributed by atoms with Crippen molar-refractivity contribution < 1.29 is 19.0 Å². The van der Waals surface area contributed by atoms with Crippen molar-refractivity contribution in [3.63, 3.8) is 0 Å². The molecule has 0 saturated carbocycles. The van der Waals surface area contributed by atoms with Gasteiger partial charge in [-0.25, -0.2) is 9.79 Å². The van der Waals surface area contributed by atoms with Crippen LogP contribution in [0.15, 0.2) is 112 Å². The highest BCUT2D eigenvalue weighted by molar-refractivity contribution is 7.07. The molecule has 0 fully saturated rings. The van der Waals surface area contributed by atoms with Gasteiger partial charge in [0.15, 0.2) is 4.80 Å². The zero-order chi connectivity index (χ0) is 32.9. The highest BCUT2D eigenvalue weighted by Gasteiger charge is 2.35. The Hall–Kier alpha value is -4.63. The quantitative estimate of drug-likeness (QED) is 0.145. The largest absolute Gasteiger partial charge is 0.494 e. The molecule has 4 aromatic carbocycles. The summed E-state index contributed by atoms with van der Waals surface area (Å²) in [6, 6.07) is 28.7. The van der Waals surface area contributed by atoms with Gasteiger partial charge in [-0.05, 0) is 61.9 Å². The maximum absolute atomic E-state index is 14.4. The van der Waals surface area contributed by atoms with E-state index in [0.29, 0.717) is 54.3 Å². The van der Waals surface area contributed by atoms with Gasteiger partial charge in [0, 0.05) is 26.7 Å². The number of nitrogens with zero attached hydrogens (tertiary/aromatic N) is 2. The number of thiazole rings is 1. The molecule has 0 spiro atoms. The van der Waals surface area contributed by atoms with Crippen molar-refractivity contribution in [3.8, 4) is 11.5 Å². The minimum absolute atomic E-state index is 0.163. The van der Waals surface area contributed by atoms with Gasteiger partial charge in [-0.3, -0.25) is 9.36 Å². The Morgan fingerprint density at radius 1 is 0.915 bits per heavy atom. The predicted molar refractivity (Wildman–Crippen MR) is 186 cm³/mol. The van der Waals surface area contributed by atoms with Crippen LogP contribution in [0.5, 0.6) is 11.5 Å². The lowest BCUT2D eigenvalue weighted by Gasteiger charge is -2.26. The number of esters is 1. The van der Waals surface area contributed by atoms with Crippen molar-refractivity contribution >= 4 is 52.3 Å². The highest BCUT2D eigenvalue weighted by Crippen LogP contribution is 2.36. The minimum atomic E-state index is -0.811. The number of fused-ring (bicyclic) bond motifs is 1. The van der Waals surface area contributed by atoms with Crippen LogP contribution in [-0.2, 0) is 16.1 Å². The number of rotatable bonds is 10. The van der Waals surface area contributed by atoms with E-state index in [-0.39, 0.29) is 24.3 Å². The molecule has 5 aromatic rings. The summed E-state index contributed by atoms with van der Waals surface area (Å²) >= 11 is 14.0. The molecule has 10 heteroatoms. The zero-order valence-electron chi connectivity index (χ0n) is 25.6. The zero-order valence-corrected chi connectivity index (χ0v) is 27.9. The van der Waals surface area contributed by atoms with Gasteiger partial charge in [-0.1, -0.05) is 95.2 Å². The molecule has 1 aromatic heterocycles. The summed E-state index contributed by atoms with van der Waals surface area (Å²) in [5.41, 5.74) is 3.27. The number of benzene rings is 4. The second kappa shape index (κ2) is 14.4. The first-order valence-corrected chi connectivity index (χ1v) is 16.6. The first-order valence-electron chi connectivity index (χ1n) is 15.0. The fourth-order valence-corrected chi connectivity index (χ4v) is 6.71. The molecule has 0 bridgehead atoms. The summed E-state index contributed by atoms with van der Waals surface area (Å²) in [5.74, 6) is 0.660. The van der Waals surface area contributed by atoms with Gasteiger partial charge in [0.25, 0.3) is 5.56 Å². The van der Waals surface area contributed by atoms with Gasteiger partial charge < -0.3 is 14.2 Å². The van der Waals surface area contributed by atoms with Crippen LogP contribution in [0.25, 0.3) is 11.8 Å². The van der Waals surface area contributed by atoms with Gasteiger partial charge in [0.1, 0.15) is 18.1 Å². The summed E-state index contributed by atoms with van der Waals surface area (Å²) in [4.78, 5) is 33.4. The van der Waals surface area contributed by atoms with E-state index in [9.17, 15) is 9.59 Å². The smallest absolute Gasteiger partial charge is 0.338 e. The predicted octanol–water partition coefficient (Wildman–Crippen LogP) is 7.22. The van der Waals surface area contributed by atoms with Crippen molar-refractivity contribution in [1.82, 2.24) is 4.57 Å². The van der Waals surface area contributed by atoms with Gasteiger partial charge >= 0.3 is 5.97 Å². The van der Waals surface area contributed by atoms with Gasteiger partial charge in [0.2, 0.25) is 0 Å². The lowest BCUT2D eigenvalue weighted by atomic mass is 9.93. The first-order chi connectivity index (χ1) is 22.9. The molecule has 0 N–H and O–H groups in total. The number of aromatic nitrogens is 1. The molecule has 0 unspecified atom stereocenters. The normalized spacial score (nSPS) is 14.4. The van der Waals surface area contributed by atoms with Crippen molar-refractivity contribution in [2.75, 3.05) is 13.2 Å². The van der Waals surface area contributed by atoms with E-state index in [1.165, 1.54) is 11.3 Å². The number of halogens is 2. The van der Waals surface area contributed by atoms with Crippen LogP contribution < -0.4 is 24.4 Å². The van der Waals surface area contributed by atoms with E-state index in [1.54, 1.807) is 41.8 Å². The molecule has 1 atom stereocenters. The molecule has 0 radical (unpaired) electrons. The molecular formula is C37H30Cl2N2O5S. The number of ether oxygens (including phenoxy) is 3. The van der Waals surface area contributed by atoms with Crippen molar-refractivity contribution in [2.45, 2.75) is 26.5 Å². The Kier molecular flexibility index (Phi) is 9.92. The number of carbonyl (C=O) groups is 1. The lowest BCUT2D eigenvalue weighted by molar-refractivity contribution is -0.138. The van der Waals surface area contributed by atoms with Crippen LogP contribution in [-0.4, -0.2) is 23.8 Å². The van der Waals surface area contributed by atoms with Crippen LogP contribution in [0.2, 0.25) is 10.0 Å². The van der Waals surface area contributed by atoms with Crippen LogP contribution in [0.3, 0.4) is 0 Å². The lowest BCUT2D eigenvalue weighted by Crippen LogP contribution is -2.40. The van der Waals surface area contributed by atoms with Gasteiger partial charge in [-0.15, -0.1) is 0 Å².